The molecule has 1 amide bonds. The van der Waals surface area contributed by atoms with Crippen LogP contribution in [0, 0.1) is 11.8 Å². The second kappa shape index (κ2) is 8.11. The van der Waals surface area contributed by atoms with Crippen molar-refractivity contribution in [3.8, 4) is 0 Å². The fourth-order valence-corrected chi connectivity index (χ4v) is 3.40. The summed E-state index contributed by atoms with van der Waals surface area (Å²) in [7, 11) is 0. The molecule has 0 aromatic heterocycles. The van der Waals surface area contributed by atoms with Crippen LogP contribution in [0.25, 0.3) is 0 Å². The molecule has 2 rings (SSSR count). The number of morpholine rings is 1. The molecule has 0 bridgehead atoms. The summed E-state index contributed by atoms with van der Waals surface area (Å²) >= 11 is 0. The maximum absolute atomic E-state index is 12.9. The van der Waals surface area contributed by atoms with Crippen LogP contribution in [0.3, 0.4) is 0 Å². The fraction of sp³-hybridized carbons (Fsp3) is 0.938. The number of nitrogens with two attached hydrogens (primary N) is 1. The third-order valence-electron chi connectivity index (χ3n) is 4.98. The van der Waals surface area contributed by atoms with Crippen molar-refractivity contribution in [1.29, 1.82) is 0 Å². The maximum atomic E-state index is 12.9. The van der Waals surface area contributed by atoms with E-state index >= 15 is 0 Å². The number of carbonyl (C=O) groups excluding carboxylic acids is 1. The van der Waals surface area contributed by atoms with Crippen LogP contribution < -0.4 is 11.1 Å². The highest BCUT2D eigenvalue weighted by Gasteiger charge is 2.37. The van der Waals surface area contributed by atoms with Gasteiger partial charge in [0.15, 0.2) is 0 Å². The van der Waals surface area contributed by atoms with Crippen LogP contribution in [0.15, 0.2) is 0 Å². The van der Waals surface area contributed by atoms with Crippen LogP contribution in [0.5, 0.6) is 0 Å². The van der Waals surface area contributed by atoms with E-state index in [0.29, 0.717) is 18.4 Å². The van der Waals surface area contributed by atoms with Crippen molar-refractivity contribution >= 4 is 5.91 Å². The van der Waals surface area contributed by atoms with Crippen LogP contribution in [0.2, 0.25) is 0 Å². The van der Waals surface area contributed by atoms with Crippen molar-refractivity contribution in [2.24, 2.45) is 17.6 Å². The third-order valence-corrected chi connectivity index (χ3v) is 4.98. The highest BCUT2D eigenvalue weighted by atomic mass is 16.5. The monoisotopic (exact) mass is 297 g/mol. The van der Waals surface area contributed by atoms with E-state index in [9.17, 15) is 4.79 Å². The van der Waals surface area contributed by atoms with Crippen molar-refractivity contribution < 1.29 is 9.53 Å². The van der Waals surface area contributed by atoms with E-state index in [-0.39, 0.29) is 18.0 Å². The molecule has 1 heterocycles. The van der Waals surface area contributed by atoms with Gasteiger partial charge in [-0.1, -0.05) is 26.7 Å². The van der Waals surface area contributed by atoms with Crippen LogP contribution in [0.4, 0.5) is 0 Å². The molecule has 21 heavy (non-hydrogen) atoms. The lowest BCUT2D eigenvalue weighted by Crippen LogP contribution is -2.57. The average Bonchev–Trinajstić information content (AvgIpc) is 3.35. The molecule has 1 saturated heterocycles. The van der Waals surface area contributed by atoms with Gasteiger partial charge in [0.1, 0.15) is 0 Å². The Kier molecular flexibility index (Phi) is 6.45. The molecule has 2 aliphatic rings. The van der Waals surface area contributed by atoms with Gasteiger partial charge >= 0.3 is 0 Å². The summed E-state index contributed by atoms with van der Waals surface area (Å²) in [6.07, 6.45) is 4.47. The first-order valence-electron chi connectivity index (χ1n) is 8.53. The molecule has 2 unspecified atom stereocenters. The van der Waals surface area contributed by atoms with Gasteiger partial charge in [-0.2, -0.15) is 0 Å². The largest absolute Gasteiger partial charge is 0.379 e. The molecule has 0 spiro atoms. The van der Waals surface area contributed by atoms with Gasteiger partial charge in [-0.05, 0) is 24.7 Å². The molecule has 2 fully saturated rings. The number of hydrogen-bond donors (Lipinski definition) is 2. The molecule has 5 nitrogen and oxygen atoms in total. The second-order valence-corrected chi connectivity index (χ2v) is 6.36. The predicted molar refractivity (Wildman–Crippen MR) is 84.0 cm³/mol. The number of rotatable bonds is 8. The molecule has 1 aliphatic heterocycles. The van der Waals surface area contributed by atoms with Gasteiger partial charge in [-0.3, -0.25) is 9.69 Å². The highest BCUT2D eigenvalue weighted by Crippen LogP contribution is 2.32. The van der Waals surface area contributed by atoms with Gasteiger partial charge in [-0.15, -0.1) is 0 Å². The summed E-state index contributed by atoms with van der Waals surface area (Å²) in [6, 6.07) is 0.132. The van der Waals surface area contributed by atoms with Gasteiger partial charge in [0.2, 0.25) is 5.91 Å². The van der Waals surface area contributed by atoms with Crippen molar-refractivity contribution in [2.45, 2.75) is 51.6 Å². The molecule has 1 saturated carbocycles. The van der Waals surface area contributed by atoms with E-state index in [2.05, 4.69) is 24.1 Å². The number of amides is 1. The normalized spacial score (nSPS) is 23.0. The Bertz CT molecular complexity index is 323. The minimum atomic E-state index is -0.0308. The van der Waals surface area contributed by atoms with Crippen LogP contribution >= 0.6 is 0 Å². The Balaban J connectivity index is 2.03. The van der Waals surface area contributed by atoms with Gasteiger partial charge < -0.3 is 15.8 Å². The standard InChI is InChI=1S/C16H31N3O2/c1-3-12(4-2)15(19-7-9-21-10-8-19)16(20)18-14(11-17)13-5-6-13/h12-15H,3-11,17H2,1-2H3,(H,18,20). The zero-order valence-electron chi connectivity index (χ0n) is 13.5. The summed E-state index contributed by atoms with van der Waals surface area (Å²) in [5, 5.41) is 3.23. The van der Waals surface area contributed by atoms with E-state index in [1.54, 1.807) is 0 Å². The molecule has 2 atom stereocenters. The Hall–Kier alpha value is -0.650. The highest BCUT2D eigenvalue weighted by molar-refractivity contribution is 5.82. The first-order valence-corrected chi connectivity index (χ1v) is 8.53. The van der Waals surface area contributed by atoms with Gasteiger partial charge in [0, 0.05) is 25.7 Å². The van der Waals surface area contributed by atoms with E-state index in [4.69, 9.17) is 10.5 Å². The first kappa shape index (κ1) is 16.7. The van der Waals surface area contributed by atoms with Crippen molar-refractivity contribution in [1.82, 2.24) is 10.2 Å². The zero-order valence-corrected chi connectivity index (χ0v) is 13.5. The Labute approximate surface area is 128 Å². The Morgan fingerprint density at radius 3 is 2.38 bits per heavy atom. The molecule has 5 heteroatoms. The lowest BCUT2D eigenvalue weighted by molar-refractivity contribution is -0.131. The molecule has 0 aromatic rings. The number of hydrogen-bond acceptors (Lipinski definition) is 4. The summed E-state index contributed by atoms with van der Waals surface area (Å²) in [4.78, 5) is 15.2. The minimum Gasteiger partial charge on any atom is -0.379 e. The molecule has 0 radical (unpaired) electrons. The van der Waals surface area contributed by atoms with Crippen molar-refractivity contribution in [3.05, 3.63) is 0 Å². The summed E-state index contributed by atoms with van der Waals surface area (Å²) in [6.45, 7) is 8.07. The second-order valence-electron chi connectivity index (χ2n) is 6.36. The smallest absolute Gasteiger partial charge is 0.237 e. The predicted octanol–water partition coefficient (Wildman–Crippen LogP) is 0.977. The quantitative estimate of drug-likeness (QED) is 0.701. The van der Waals surface area contributed by atoms with Crippen LogP contribution in [-0.4, -0.2) is 55.7 Å². The number of ether oxygens (including phenoxy) is 1. The molecular weight excluding hydrogens is 266 g/mol. The fourth-order valence-electron chi connectivity index (χ4n) is 3.40. The van der Waals surface area contributed by atoms with Gasteiger partial charge in [-0.25, -0.2) is 0 Å². The van der Waals surface area contributed by atoms with Crippen molar-refractivity contribution in [3.63, 3.8) is 0 Å². The van der Waals surface area contributed by atoms with Crippen molar-refractivity contribution in [2.75, 3.05) is 32.8 Å². The van der Waals surface area contributed by atoms with Gasteiger partial charge in [0.25, 0.3) is 0 Å². The van der Waals surface area contributed by atoms with Crippen LogP contribution in [-0.2, 0) is 9.53 Å². The molecule has 0 aromatic carbocycles. The van der Waals surface area contributed by atoms with Gasteiger partial charge in [0.05, 0.1) is 19.3 Å². The summed E-state index contributed by atoms with van der Waals surface area (Å²) < 4.78 is 5.43. The lowest BCUT2D eigenvalue weighted by atomic mass is 9.91. The SMILES string of the molecule is CCC(CC)C(C(=O)NC(CN)C1CC1)N1CCOCC1. The minimum absolute atomic E-state index is 0.0308. The number of nitrogens with one attached hydrogen (secondary N) is 1. The third kappa shape index (κ3) is 4.41. The molecule has 122 valence electrons. The Morgan fingerprint density at radius 1 is 1.29 bits per heavy atom. The van der Waals surface area contributed by atoms with Crippen LogP contribution in [0.1, 0.15) is 39.5 Å². The molecular formula is C16H31N3O2. The topological polar surface area (TPSA) is 67.6 Å². The summed E-state index contributed by atoms with van der Waals surface area (Å²) in [5.41, 5.74) is 5.83. The Morgan fingerprint density at radius 2 is 1.90 bits per heavy atom. The summed E-state index contributed by atoms with van der Waals surface area (Å²) in [5.74, 6) is 1.18. The number of nitrogens with zero attached hydrogens (tertiary/aromatic N) is 1. The lowest BCUT2D eigenvalue weighted by Gasteiger charge is -2.38. The van der Waals surface area contributed by atoms with E-state index in [0.717, 1.165) is 39.1 Å². The van der Waals surface area contributed by atoms with E-state index in [1.165, 1.54) is 12.8 Å². The maximum Gasteiger partial charge on any atom is 0.237 e. The number of carbonyl (C=O) groups is 1. The molecule has 1 aliphatic carbocycles. The average molecular weight is 297 g/mol. The van der Waals surface area contributed by atoms with E-state index < -0.39 is 0 Å². The zero-order chi connectivity index (χ0) is 15.2. The first-order chi connectivity index (χ1) is 10.2. The van der Waals surface area contributed by atoms with E-state index in [1.807, 2.05) is 0 Å². The molecule has 3 N–H and O–H groups in total.